The number of methoxy groups -OCH3 is 1. The van der Waals surface area contributed by atoms with Crippen LogP contribution in [0, 0.1) is 0 Å². The zero-order valence-electron chi connectivity index (χ0n) is 24.4. The highest BCUT2D eigenvalue weighted by Crippen LogP contribution is 2.29. The summed E-state index contributed by atoms with van der Waals surface area (Å²) in [6.07, 6.45) is 0.341. The second kappa shape index (κ2) is 15.2. The quantitative estimate of drug-likeness (QED) is 0.194. The number of hydrogen-bond acceptors (Lipinski definition) is 5. The minimum absolute atomic E-state index is 0.0519. The molecule has 2 N–H and O–H groups in total. The number of aliphatic carboxylic acids is 1. The van der Waals surface area contributed by atoms with E-state index in [1.54, 1.807) is 36.3 Å². The molecule has 8 nitrogen and oxygen atoms in total. The SMILES string of the molecule is CCOc1cccc(CCN(CCC(=O)O)C(=O)c2ccccc2-c2ccccc2C(=O)NCc2cccc(OC)c2)c1. The number of carbonyl (C=O) groups excluding carboxylic acids is 2. The first kappa shape index (κ1) is 30.8. The van der Waals surface area contributed by atoms with Crippen LogP contribution in [0.4, 0.5) is 0 Å². The summed E-state index contributed by atoms with van der Waals surface area (Å²) in [5.74, 6) is -0.117. The first-order chi connectivity index (χ1) is 20.9. The van der Waals surface area contributed by atoms with Crippen molar-refractivity contribution in [2.24, 2.45) is 0 Å². The molecule has 0 saturated carbocycles. The fraction of sp³-hybridized carbons (Fsp3) is 0.229. The average molecular weight is 581 g/mol. The van der Waals surface area contributed by atoms with Crippen molar-refractivity contribution in [3.63, 3.8) is 0 Å². The normalized spacial score (nSPS) is 10.6. The van der Waals surface area contributed by atoms with Crippen LogP contribution in [0.2, 0.25) is 0 Å². The first-order valence-corrected chi connectivity index (χ1v) is 14.2. The first-order valence-electron chi connectivity index (χ1n) is 14.2. The lowest BCUT2D eigenvalue weighted by molar-refractivity contribution is -0.137. The average Bonchev–Trinajstić information content (AvgIpc) is 3.03. The van der Waals surface area contributed by atoms with Gasteiger partial charge in [0.15, 0.2) is 0 Å². The molecule has 0 aliphatic carbocycles. The lowest BCUT2D eigenvalue weighted by Crippen LogP contribution is -2.35. The van der Waals surface area contributed by atoms with Gasteiger partial charge in [-0.2, -0.15) is 0 Å². The van der Waals surface area contributed by atoms with Crippen molar-refractivity contribution in [2.75, 3.05) is 26.8 Å². The molecule has 0 unspecified atom stereocenters. The van der Waals surface area contributed by atoms with Crippen molar-refractivity contribution in [3.05, 3.63) is 119 Å². The lowest BCUT2D eigenvalue weighted by atomic mass is 9.94. The van der Waals surface area contributed by atoms with Crippen molar-refractivity contribution in [1.29, 1.82) is 0 Å². The molecule has 0 spiro atoms. The molecule has 222 valence electrons. The summed E-state index contributed by atoms with van der Waals surface area (Å²) in [7, 11) is 1.59. The van der Waals surface area contributed by atoms with Gasteiger partial charge in [-0.3, -0.25) is 14.4 Å². The van der Waals surface area contributed by atoms with Gasteiger partial charge in [0.2, 0.25) is 0 Å². The van der Waals surface area contributed by atoms with Gasteiger partial charge in [0.1, 0.15) is 11.5 Å². The molecule has 8 heteroatoms. The third kappa shape index (κ3) is 8.45. The molecule has 4 aromatic carbocycles. The Morgan fingerprint density at radius 3 is 2.09 bits per heavy atom. The maximum absolute atomic E-state index is 14.0. The van der Waals surface area contributed by atoms with Crippen LogP contribution >= 0.6 is 0 Å². The molecular formula is C35H36N2O6. The van der Waals surface area contributed by atoms with Gasteiger partial charge in [0.25, 0.3) is 11.8 Å². The molecule has 0 saturated heterocycles. The van der Waals surface area contributed by atoms with E-state index in [-0.39, 0.29) is 24.8 Å². The van der Waals surface area contributed by atoms with E-state index < -0.39 is 5.97 Å². The van der Waals surface area contributed by atoms with Crippen molar-refractivity contribution in [2.45, 2.75) is 26.3 Å². The Bertz CT molecular complexity index is 1570. The van der Waals surface area contributed by atoms with Gasteiger partial charge >= 0.3 is 5.97 Å². The van der Waals surface area contributed by atoms with Crippen LogP contribution in [0.1, 0.15) is 45.2 Å². The van der Waals surface area contributed by atoms with Crippen molar-refractivity contribution >= 4 is 17.8 Å². The zero-order chi connectivity index (χ0) is 30.6. The summed E-state index contributed by atoms with van der Waals surface area (Å²) >= 11 is 0. The Morgan fingerprint density at radius 1 is 0.767 bits per heavy atom. The van der Waals surface area contributed by atoms with E-state index >= 15 is 0 Å². The molecule has 4 aromatic rings. The highest BCUT2D eigenvalue weighted by atomic mass is 16.5. The smallest absolute Gasteiger partial charge is 0.305 e. The van der Waals surface area contributed by atoms with Crippen LogP contribution < -0.4 is 14.8 Å². The van der Waals surface area contributed by atoms with E-state index in [4.69, 9.17) is 9.47 Å². The van der Waals surface area contributed by atoms with Crippen LogP contribution in [-0.4, -0.2) is 54.6 Å². The third-order valence-corrected chi connectivity index (χ3v) is 6.97. The fourth-order valence-corrected chi connectivity index (χ4v) is 4.82. The number of carboxylic acid groups (broad SMARTS) is 1. The molecule has 0 bridgehead atoms. The standard InChI is InChI=1S/C35H36N2O6/c1-3-43-28-13-8-10-25(22-28)18-20-37(21-19-33(38)39)35(41)32-17-7-5-15-30(32)29-14-4-6-16-31(29)34(40)36-24-26-11-9-12-27(23-26)42-2/h4-17,22-23H,3,18-21,24H2,1-2H3,(H,36,40)(H,38,39). The van der Waals surface area contributed by atoms with Crippen molar-refractivity contribution in [1.82, 2.24) is 10.2 Å². The lowest BCUT2D eigenvalue weighted by Gasteiger charge is -2.24. The van der Waals surface area contributed by atoms with E-state index in [9.17, 15) is 19.5 Å². The number of nitrogens with zero attached hydrogens (tertiary/aromatic N) is 1. The number of hydrogen-bond donors (Lipinski definition) is 2. The summed E-state index contributed by atoms with van der Waals surface area (Å²) in [5, 5.41) is 12.3. The Balaban J connectivity index is 1.59. The molecule has 0 aliphatic heterocycles. The molecule has 0 heterocycles. The number of rotatable bonds is 14. The van der Waals surface area contributed by atoms with Gasteiger partial charge in [-0.25, -0.2) is 0 Å². The largest absolute Gasteiger partial charge is 0.497 e. The third-order valence-electron chi connectivity index (χ3n) is 6.97. The minimum atomic E-state index is -0.984. The fourth-order valence-electron chi connectivity index (χ4n) is 4.82. The van der Waals surface area contributed by atoms with Crippen molar-refractivity contribution in [3.8, 4) is 22.6 Å². The molecule has 0 fully saturated rings. The summed E-state index contributed by atoms with van der Waals surface area (Å²) in [4.78, 5) is 40.4. The Hall–Kier alpha value is -5.11. The number of carboxylic acids is 1. The molecule has 0 aliphatic rings. The Labute approximate surface area is 251 Å². The molecule has 2 amide bonds. The molecule has 0 radical (unpaired) electrons. The summed E-state index contributed by atoms with van der Waals surface area (Å²) in [6, 6.07) is 29.4. The second-order valence-corrected chi connectivity index (χ2v) is 9.89. The van der Waals surface area contributed by atoms with Gasteiger partial charge in [0, 0.05) is 30.8 Å². The monoisotopic (exact) mass is 580 g/mol. The molecular weight excluding hydrogens is 544 g/mol. The van der Waals surface area contributed by atoms with Gasteiger partial charge in [-0.15, -0.1) is 0 Å². The van der Waals surface area contributed by atoms with Crippen LogP contribution in [0.15, 0.2) is 97.1 Å². The van der Waals surface area contributed by atoms with E-state index in [2.05, 4.69) is 5.32 Å². The van der Waals surface area contributed by atoms with E-state index in [1.165, 1.54) is 0 Å². The Kier molecular flexibility index (Phi) is 10.9. The number of ether oxygens (including phenoxy) is 2. The molecule has 43 heavy (non-hydrogen) atoms. The highest BCUT2D eigenvalue weighted by molar-refractivity contribution is 6.06. The molecule has 0 aromatic heterocycles. The van der Waals surface area contributed by atoms with Gasteiger partial charge in [-0.1, -0.05) is 60.7 Å². The summed E-state index contributed by atoms with van der Waals surface area (Å²) in [6.45, 7) is 3.14. The molecule has 4 rings (SSSR count). The molecule has 0 atom stereocenters. The van der Waals surface area contributed by atoms with E-state index in [1.807, 2.05) is 79.7 Å². The van der Waals surface area contributed by atoms with Gasteiger partial charge < -0.3 is 24.8 Å². The number of nitrogens with one attached hydrogen (secondary N) is 1. The number of benzene rings is 4. The Morgan fingerprint density at radius 2 is 1.40 bits per heavy atom. The maximum Gasteiger partial charge on any atom is 0.305 e. The van der Waals surface area contributed by atoms with Gasteiger partial charge in [0.05, 0.1) is 20.1 Å². The van der Waals surface area contributed by atoms with E-state index in [0.717, 1.165) is 16.9 Å². The highest BCUT2D eigenvalue weighted by Gasteiger charge is 2.22. The predicted octanol–water partition coefficient (Wildman–Crippen LogP) is 5.85. The van der Waals surface area contributed by atoms with Crippen molar-refractivity contribution < 1.29 is 29.0 Å². The van der Waals surface area contributed by atoms with E-state index in [0.29, 0.717) is 54.1 Å². The number of carbonyl (C=O) groups is 3. The zero-order valence-corrected chi connectivity index (χ0v) is 24.4. The number of amides is 2. The maximum atomic E-state index is 14.0. The minimum Gasteiger partial charge on any atom is -0.497 e. The van der Waals surface area contributed by atoms with Crippen LogP contribution in [-0.2, 0) is 17.8 Å². The topological polar surface area (TPSA) is 105 Å². The van der Waals surface area contributed by atoms with Crippen LogP contribution in [0.25, 0.3) is 11.1 Å². The van der Waals surface area contributed by atoms with Gasteiger partial charge in [-0.05, 0) is 72.0 Å². The second-order valence-electron chi connectivity index (χ2n) is 9.89. The summed E-state index contributed by atoms with van der Waals surface area (Å²) < 4.78 is 10.9. The van der Waals surface area contributed by atoms with Crippen LogP contribution in [0.3, 0.4) is 0 Å². The predicted molar refractivity (Wildman–Crippen MR) is 166 cm³/mol. The van der Waals surface area contributed by atoms with Crippen LogP contribution in [0.5, 0.6) is 11.5 Å². The summed E-state index contributed by atoms with van der Waals surface area (Å²) in [5.41, 5.74) is 3.89.